The second-order valence-corrected chi connectivity index (χ2v) is 7.83. The van der Waals surface area contributed by atoms with Crippen molar-refractivity contribution in [2.45, 2.75) is 24.9 Å². The van der Waals surface area contributed by atoms with Crippen LogP contribution < -0.4 is 9.64 Å². The van der Waals surface area contributed by atoms with Crippen molar-refractivity contribution in [2.75, 3.05) is 25.1 Å². The van der Waals surface area contributed by atoms with Crippen LogP contribution in [0.2, 0.25) is 0 Å². The topological polar surface area (TPSA) is 38.2 Å². The van der Waals surface area contributed by atoms with Crippen LogP contribution in [0.4, 0.5) is 19.0 Å². The average molecular weight is 419 g/mol. The van der Waals surface area contributed by atoms with Crippen LogP contribution in [-0.2, 0) is 6.18 Å². The van der Waals surface area contributed by atoms with Crippen molar-refractivity contribution in [3.05, 3.63) is 58.5 Å². The highest BCUT2D eigenvalue weighted by molar-refractivity contribution is 7.10. The van der Waals surface area contributed by atoms with Crippen LogP contribution in [0.5, 0.6) is 5.75 Å². The van der Waals surface area contributed by atoms with E-state index in [-0.39, 0.29) is 0 Å². The fourth-order valence-corrected chi connectivity index (χ4v) is 4.54. The van der Waals surface area contributed by atoms with Crippen LogP contribution in [0.15, 0.2) is 48.0 Å². The molecule has 8 heteroatoms. The highest BCUT2D eigenvalue weighted by Gasteiger charge is 2.31. The summed E-state index contributed by atoms with van der Waals surface area (Å²) in [4.78, 5) is 10.9. The zero-order valence-corrected chi connectivity index (χ0v) is 16.6. The molecule has 0 radical (unpaired) electrons. The van der Waals surface area contributed by atoms with Crippen molar-refractivity contribution in [2.24, 2.45) is 0 Å². The molecular weight excluding hydrogens is 399 g/mol. The van der Waals surface area contributed by atoms with Gasteiger partial charge < -0.3 is 9.64 Å². The standard InChI is InChI=1S/C21H20F3N3OS/c1-28-18-5-3-2-4-16(18)17-13-29-20(26-17)14-8-10-27(11-9-14)19-7-6-15(12-25-19)21(22,23)24/h2-7,12-14H,8-11H2,1H3. The lowest BCUT2D eigenvalue weighted by molar-refractivity contribution is -0.137. The quantitative estimate of drug-likeness (QED) is 0.550. The number of pyridine rings is 1. The Bertz CT molecular complexity index is 964. The molecule has 0 bridgehead atoms. The van der Waals surface area contributed by atoms with E-state index in [0.29, 0.717) is 11.7 Å². The molecule has 1 saturated heterocycles. The van der Waals surface area contributed by atoms with E-state index >= 15 is 0 Å². The molecule has 3 heterocycles. The van der Waals surface area contributed by atoms with E-state index in [1.54, 1.807) is 18.4 Å². The largest absolute Gasteiger partial charge is 0.496 e. The first kappa shape index (κ1) is 19.7. The summed E-state index contributed by atoms with van der Waals surface area (Å²) in [5, 5.41) is 3.14. The first-order valence-corrected chi connectivity index (χ1v) is 10.2. The second kappa shape index (κ2) is 8.02. The smallest absolute Gasteiger partial charge is 0.417 e. The molecule has 0 aliphatic carbocycles. The Kier molecular flexibility index (Phi) is 5.45. The van der Waals surface area contributed by atoms with E-state index in [0.717, 1.165) is 60.2 Å². The van der Waals surface area contributed by atoms with Gasteiger partial charge >= 0.3 is 6.18 Å². The lowest BCUT2D eigenvalue weighted by atomic mass is 9.97. The van der Waals surface area contributed by atoms with Crippen LogP contribution in [0.1, 0.15) is 29.3 Å². The first-order valence-electron chi connectivity index (χ1n) is 9.32. The minimum atomic E-state index is -4.36. The number of hydrogen-bond acceptors (Lipinski definition) is 5. The molecule has 29 heavy (non-hydrogen) atoms. The maximum absolute atomic E-state index is 12.7. The molecule has 0 saturated carbocycles. The molecule has 0 atom stereocenters. The molecule has 1 aliphatic rings. The lowest BCUT2D eigenvalue weighted by Gasteiger charge is -2.32. The van der Waals surface area contributed by atoms with Crippen molar-refractivity contribution in [3.63, 3.8) is 0 Å². The third-order valence-electron chi connectivity index (χ3n) is 5.15. The van der Waals surface area contributed by atoms with Crippen molar-refractivity contribution >= 4 is 17.2 Å². The zero-order chi connectivity index (χ0) is 20.4. The Morgan fingerprint density at radius 2 is 1.86 bits per heavy atom. The number of anilines is 1. The molecule has 1 aliphatic heterocycles. The number of aromatic nitrogens is 2. The van der Waals surface area contributed by atoms with Gasteiger partial charge in [-0.1, -0.05) is 12.1 Å². The molecule has 0 spiro atoms. The summed E-state index contributed by atoms with van der Waals surface area (Å²) in [6.45, 7) is 1.49. The number of nitrogens with zero attached hydrogens (tertiary/aromatic N) is 3. The number of rotatable bonds is 4. The van der Waals surface area contributed by atoms with Gasteiger partial charge in [-0.15, -0.1) is 11.3 Å². The maximum Gasteiger partial charge on any atom is 0.417 e. The molecule has 4 nitrogen and oxygen atoms in total. The van der Waals surface area contributed by atoms with Crippen LogP contribution in [0.25, 0.3) is 11.3 Å². The number of alkyl halides is 3. The number of para-hydroxylation sites is 1. The van der Waals surface area contributed by atoms with Crippen molar-refractivity contribution in [3.8, 4) is 17.0 Å². The highest BCUT2D eigenvalue weighted by atomic mass is 32.1. The molecule has 0 amide bonds. The van der Waals surface area contributed by atoms with Crippen LogP contribution in [-0.4, -0.2) is 30.2 Å². The van der Waals surface area contributed by atoms with E-state index in [9.17, 15) is 13.2 Å². The van der Waals surface area contributed by atoms with E-state index in [4.69, 9.17) is 9.72 Å². The Labute approximate surface area is 171 Å². The van der Waals surface area contributed by atoms with Gasteiger partial charge in [0.2, 0.25) is 0 Å². The minimum Gasteiger partial charge on any atom is -0.496 e. The fraction of sp³-hybridized carbons (Fsp3) is 0.333. The van der Waals surface area contributed by atoms with Gasteiger partial charge in [-0.05, 0) is 37.1 Å². The molecular formula is C21H20F3N3OS. The molecule has 1 fully saturated rings. The SMILES string of the molecule is COc1ccccc1-c1csc(C2CCN(c3ccc(C(F)(F)F)cn3)CC2)n1. The number of benzene rings is 1. The van der Waals surface area contributed by atoms with Crippen molar-refractivity contribution in [1.82, 2.24) is 9.97 Å². The van der Waals surface area contributed by atoms with Crippen molar-refractivity contribution in [1.29, 1.82) is 0 Å². The summed E-state index contributed by atoms with van der Waals surface area (Å²) in [5.74, 6) is 1.73. The van der Waals surface area contributed by atoms with Crippen LogP contribution in [0.3, 0.4) is 0 Å². The van der Waals surface area contributed by atoms with Crippen LogP contribution >= 0.6 is 11.3 Å². The minimum absolute atomic E-state index is 0.342. The Morgan fingerprint density at radius 3 is 2.52 bits per heavy atom. The zero-order valence-electron chi connectivity index (χ0n) is 15.8. The highest BCUT2D eigenvalue weighted by Crippen LogP contribution is 2.36. The maximum atomic E-state index is 12.7. The Balaban J connectivity index is 1.42. The van der Waals surface area contributed by atoms with E-state index in [2.05, 4.69) is 10.4 Å². The summed E-state index contributed by atoms with van der Waals surface area (Å²) in [6, 6.07) is 10.4. The predicted molar refractivity (Wildman–Crippen MR) is 108 cm³/mol. The number of thiazole rings is 1. The van der Waals surface area contributed by atoms with Gasteiger partial charge in [0.1, 0.15) is 11.6 Å². The third-order valence-corrected chi connectivity index (χ3v) is 6.16. The summed E-state index contributed by atoms with van der Waals surface area (Å²) in [5.41, 5.74) is 1.17. The molecule has 3 aromatic rings. The summed E-state index contributed by atoms with van der Waals surface area (Å²) < 4.78 is 43.5. The molecule has 1 aromatic carbocycles. The van der Waals surface area contributed by atoms with Gasteiger partial charge in [-0.3, -0.25) is 0 Å². The van der Waals surface area contributed by atoms with Gasteiger partial charge in [0.15, 0.2) is 0 Å². The molecule has 4 rings (SSSR count). The second-order valence-electron chi connectivity index (χ2n) is 6.94. The molecule has 0 unspecified atom stereocenters. The summed E-state index contributed by atoms with van der Waals surface area (Å²) >= 11 is 1.65. The van der Waals surface area contributed by atoms with Gasteiger partial charge in [-0.2, -0.15) is 13.2 Å². The monoisotopic (exact) mass is 419 g/mol. The lowest BCUT2D eigenvalue weighted by Crippen LogP contribution is -2.33. The summed E-state index contributed by atoms with van der Waals surface area (Å²) in [7, 11) is 1.65. The number of halogens is 3. The third kappa shape index (κ3) is 4.22. The number of hydrogen-bond donors (Lipinski definition) is 0. The van der Waals surface area contributed by atoms with E-state index in [1.165, 1.54) is 6.07 Å². The molecule has 152 valence electrons. The van der Waals surface area contributed by atoms with E-state index in [1.807, 2.05) is 29.2 Å². The number of piperidine rings is 1. The van der Waals surface area contributed by atoms with Gasteiger partial charge in [0, 0.05) is 36.1 Å². The fourth-order valence-electron chi connectivity index (χ4n) is 3.55. The van der Waals surface area contributed by atoms with Crippen molar-refractivity contribution < 1.29 is 17.9 Å². The van der Waals surface area contributed by atoms with Gasteiger partial charge in [-0.25, -0.2) is 9.97 Å². The number of ether oxygens (including phenoxy) is 1. The van der Waals surface area contributed by atoms with Crippen LogP contribution in [0, 0.1) is 0 Å². The number of methoxy groups -OCH3 is 1. The predicted octanol–water partition coefficient (Wildman–Crippen LogP) is 5.62. The van der Waals surface area contributed by atoms with E-state index < -0.39 is 11.7 Å². The molecule has 2 aromatic heterocycles. The average Bonchev–Trinajstić information content (AvgIpc) is 3.23. The van der Waals surface area contributed by atoms with Gasteiger partial charge in [0.25, 0.3) is 0 Å². The Hall–Kier alpha value is -2.61. The normalized spacial score (nSPS) is 15.5. The van der Waals surface area contributed by atoms with Gasteiger partial charge in [0.05, 0.1) is 23.4 Å². The Morgan fingerprint density at radius 1 is 1.10 bits per heavy atom. The molecule has 0 N–H and O–H groups in total. The first-order chi connectivity index (χ1) is 14.0. The summed E-state index contributed by atoms with van der Waals surface area (Å²) in [6.07, 6.45) is -1.67.